The Morgan fingerprint density at radius 2 is 2.05 bits per heavy atom. The summed E-state index contributed by atoms with van der Waals surface area (Å²) in [5, 5.41) is 0.455. The third kappa shape index (κ3) is 5.35. The van der Waals surface area contributed by atoms with Crippen molar-refractivity contribution in [3.63, 3.8) is 0 Å². The van der Waals surface area contributed by atoms with Gasteiger partial charge in [-0.25, -0.2) is 4.98 Å². The van der Waals surface area contributed by atoms with E-state index in [-0.39, 0.29) is 11.9 Å². The molecular formula is C17H18ClNO2S. The fourth-order valence-corrected chi connectivity index (χ4v) is 2.70. The SMILES string of the molecule is CSCCC(Cc1ccc(Cl)nc1)C(=O)Oc1ccccc1. The van der Waals surface area contributed by atoms with Gasteiger partial charge in [-0.2, -0.15) is 11.8 Å². The van der Waals surface area contributed by atoms with Gasteiger partial charge in [-0.05, 0) is 48.6 Å². The second-order valence-corrected chi connectivity index (χ2v) is 6.28. The summed E-state index contributed by atoms with van der Waals surface area (Å²) in [5.41, 5.74) is 0.987. The summed E-state index contributed by atoms with van der Waals surface area (Å²) < 4.78 is 5.47. The minimum absolute atomic E-state index is 0.185. The average molecular weight is 336 g/mol. The molecule has 22 heavy (non-hydrogen) atoms. The quantitative estimate of drug-likeness (QED) is 0.431. The van der Waals surface area contributed by atoms with Crippen molar-refractivity contribution in [3.05, 3.63) is 59.4 Å². The Bertz CT molecular complexity index is 589. The zero-order valence-corrected chi connectivity index (χ0v) is 13.9. The van der Waals surface area contributed by atoms with Crippen molar-refractivity contribution in [1.82, 2.24) is 4.98 Å². The maximum atomic E-state index is 12.4. The number of aromatic nitrogens is 1. The molecule has 116 valence electrons. The Morgan fingerprint density at radius 3 is 2.68 bits per heavy atom. The van der Waals surface area contributed by atoms with Crippen LogP contribution in [0.25, 0.3) is 0 Å². The minimum Gasteiger partial charge on any atom is -0.426 e. The first-order chi connectivity index (χ1) is 10.7. The van der Waals surface area contributed by atoms with E-state index in [0.29, 0.717) is 17.3 Å². The predicted molar refractivity (Wildman–Crippen MR) is 91.5 cm³/mol. The van der Waals surface area contributed by atoms with E-state index in [1.165, 1.54) is 0 Å². The summed E-state index contributed by atoms with van der Waals surface area (Å²) >= 11 is 7.52. The van der Waals surface area contributed by atoms with Gasteiger partial charge in [0.2, 0.25) is 0 Å². The molecule has 0 N–H and O–H groups in total. The molecule has 0 bridgehead atoms. The average Bonchev–Trinajstić information content (AvgIpc) is 2.54. The van der Waals surface area contributed by atoms with Crippen molar-refractivity contribution >= 4 is 29.3 Å². The summed E-state index contributed by atoms with van der Waals surface area (Å²) in [7, 11) is 0. The second kappa shape index (κ2) is 8.81. The van der Waals surface area contributed by atoms with Crippen LogP contribution in [-0.4, -0.2) is 23.0 Å². The first-order valence-electron chi connectivity index (χ1n) is 7.05. The van der Waals surface area contributed by atoms with Crippen molar-refractivity contribution < 1.29 is 9.53 Å². The maximum Gasteiger partial charge on any atom is 0.314 e. The number of carbonyl (C=O) groups excluding carboxylic acids is 1. The van der Waals surface area contributed by atoms with Gasteiger partial charge in [0.25, 0.3) is 0 Å². The van der Waals surface area contributed by atoms with Crippen LogP contribution in [0.1, 0.15) is 12.0 Å². The normalized spacial score (nSPS) is 11.9. The summed E-state index contributed by atoms with van der Waals surface area (Å²) in [6, 6.07) is 12.8. The van der Waals surface area contributed by atoms with Crippen LogP contribution in [0.2, 0.25) is 5.15 Å². The molecule has 0 saturated heterocycles. The number of nitrogens with zero attached hydrogens (tertiary/aromatic N) is 1. The second-order valence-electron chi connectivity index (χ2n) is 4.91. The molecule has 1 heterocycles. The van der Waals surface area contributed by atoms with Crippen LogP contribution in [0.3, 0.4) is 0 Å². The number of ether oxygens (including phenoxy) is 1. The highest BCUT2D eigenvalue weighted by atomic mass is 35.5. The smallest absolute Gasteiger partial charge is 0.314 e. The molecule has 5 heteroatoms. The molecule has 0 aliphatic rings. The number of thioether (sulfide) groups is 1. The third-order valence-electron chi connectivity index (χ3n) is 3.24. The zero-order valence-electron chi connectivity index (χ0n) is 12.4. The fraction of sp³-hybridized carbons (Fsp3) is 0.294. The molecule has 0 fully saturated rings. The number of hydrogen-bond donors (Lipinski definition) is 0. The van der Waals surface area contributed by atoms with Crippen molar-refractivity contribution in [3.8, 4) is 5.75 Å². The van der Waals surface area contributed by atoms with Gasteiger partial charge in [-0.15, -0.1) is 0 Å². The van der Waals surface area contributed by atoms with Crippen LogP contribution in [0, 0.1) is 5.92 Å². The van der Waals surface area contributed by atoms with E-state index in [1.807, 2.05) is 30.5 Å². The molecule has 1 atom stereocenters. The number of rotatable bonds is 7. The molecule has 2 rings (SSSR count). The number of esters is 1. The molecule has 0 spiro atoms. The molecular weight excluding hydrogens is 318 g/mol. The van der Waals surface area contributed by atoms with Gasteiger partial charge in [0.15, 0.2) is 0 Å². The number of halogens is 1. The lowest BCUT2D eigenvalue weighted by molar-refractivity contribution is -0.139. The Morgan fingerprint density at radius 1 is 1.27 bits per heavy atom. The number of para-hydroxylation sites is 1. The van der Waals surface area contributed by atoms with Crippen LogP contribution < -0.4 is 4.74 Å². The maximum absolute atomic E-state index is 12.4. The highest BCUT2D eigenvalue weighted by molar-refractivity contribution is 7.98. The van der Waals surface area contributed by atoms with Crippen molar-refractivity contribution in [2.45, 2.75) is 12.8 Å². The van der Waals surface area contributed by atoms with E-state index in [1.54, 1.807) is 36.2 Å². The topological polar surface area (TPSA) is 39.2 Å². The summed E-state index contributed by atoms with van der Waals surface area (Å²) in [6.07, 6.45) is 5.12. The molecule has 1 unspecified atom stereocenters. The lowest BCUT2D eigenvalue weighted by Gasteiger charge is -2.15. The Balaban J connectivity index is 2.04. The number of benzene rings is 1. The third-order valence-corrected chi connectivity index (χ3v) is 4.10. The number of carbonyl (C=O) groups is 1. The summed E-state index contributed by atoms with van der Waals surface area (Å²) in [4.78, 5) is 16.5. The van der Waals surface area contributed by atoms with Crippen LogP contribution in [0.4, 0.5) is 0 Å². The molecule has 0 amide bonds. The molecule has 2 aromatic rings. The lowest BCUT2D eigenvalue weighted by atomic mass is 9.98. The van der Waals surface area contributed by atoms with Crippen LogP contribution in [0.15, 0.2) is 48.7 Å². The van der Waals surface area contributed by atoms with Gasteiger partial charge in [0, 0.05) is 6.20 Å². The first kappa shape index (κ1) is 16.8. The molecule has 0 aliphatic heterocycles. The Labute approximate surface area is 140 Å². The van der Waals surface area contributed by atoms with Gasteiger partial charge < -0.3 is 4.74 Å². The number of pyridine rings is 1. The van der Waals surface area contributed by atoms with Gasteiger partial charge in [-0.3, -0.25) is 4.79 Å². The van der Waals surface area contributed by atoms with E-state index in [4.69, 9.17) is 16.3 Å². The molecule has 0 saturated carbocycles. The lowest BCUT2D eigenvalue weighted by Crippen LogP contribution is -2.23. The monoisotopic (exact) mass is 335 g/mol. The first-order valence-corrected chi connectivity index (χ1v) is 8.82. The Kier molecular flexibility index (Phi) is 6.74. The molecule has 1 aromatic carbocycles. The van der Waals surface area contributed by atoms with Gasteiger partial charge in [0.1, 0.15) is 10.9 Å². The van der Waals surface area contributed by atoms with Crippen LogP contribution in [0.5, 0.6) is 5.75 Å². The fourth-order valence-electron chi connectivity index (χ4n) is 2.06. The van der Waals surface area contributed by atoms with E-state index in [9.17, 15) is 4.79 Å². The van der Waals surface area contributed by atoms with Gasteiger partial charge >= 0.3 is 5.97 Å². The van der Waals surface area contributed by atoms with Crippen LogP contribution in [-0.2, 0) is 11.2 Å². The van der Waals surface area contributed by atoms with E-state index < -0.39 is 0 Å². The van der Waals surface area contributed by atoms with Crippen molar-refractivity contribution in [2.75, 3.05) is 12.0 Å². The van der Waals surface area contributed by atoms with E-state index in [2.05, 4.69) is 4.98 Å². The van der Waals surface area contributed by atoms with E-state index >= 15 is 0 Å². The summed E-state index contributed by atoms with van der Waals surface area (Å²) in [5.74, 6) is 1.11. The molecule has 1 aromatic heterocycles. The standard InChI is InChI=1S/C17H18ClNO2S/c1-22-10-9-14(11-13-7-8-16(18)19-12-13)17(20)21-15-5-3-2-4-6-15/h2-8,12,14H,9-11H2,1H3. The highest BCUT2D eigenvalue weighted by Gasteiger charge is 2.21. The van der Waals surface area contributed by atoms with Crippen molar-refractivity contribution in [1.29, 1.82) is 0 Å². The highest BCUT2D eigenvalue weighted by Crippen LogP contribution is 2.19. The number of hydrogen-bond acceptors (Lipinski definition) is 4. The van der Waals surface area contributed by atoms with Crippen LogP contribution >= 0.6 is 23.4 Å². The largest absolute Gasteiger partial charge is 0.426 e. The van der Waals surface area contributed by atoms with Gasteiger partial charge in [0.05, 0.1) is 5.92 Å². The van der Waals surface area contributed by atoms with Crippen molar-refractivity contribution in [2.24, 2.45) is 5.92 Å². The summed E-state index contributed by atoms with van der Waals surface area (Å²) in [6.45, 7) is 0. The van der Waals surface area contributed by atoms with E-state index in [0.717, 1.165) is 17.7 Å². The predicted octanol–water partition coefficient (Wildman–Crippen LogP) is 4.25. The Hall–Kier alpha value is -1.52. The molecule has 3 nitrogen and oxygen atoms in total. The van der Waals surface area contributed by atoms with Gasteiger partial charge in [-0.1, -0.05) is 35.9 Å². The molecule has 0 radical (unpaired) electrons. The minimum atomic E-state index is -0.199. The molecule has 0 aliphatic carbocycles. The zero-order chi connectivity index (χ0) is 15.8.